The van der Waals surface area contributed by atoms with E-state index < -0.39 is 0 Å². The van der Waals surface area contributed by atoms with Crippen LogP contribution in [0.5, 0.6) is 0 Å². The van der Waals surface area contributed by atoms with Gasteiger partial charge in [0.25, 0.3) is 0 Å². The highest BCUT2D eigenvalue weighted by molar-refractivity contribution is 7.19. The highest BCUT2D eigenvalue weighted by atomic mass is 35.5. The molecule has 0 fully saturated rings. The summed E-state index contributed by atoms with van der Waals surface area (Å²) in [6.07, 6.45) is 5.34. The molecule has 0 atom stereocenters. The maximum absolute atomic E-state index is 11.0. The number of carbonyl (C=O) groups is 1. The number of thiazole rings is 1. The molecular formula is C12H9ClN4OS. The first kappa shape index (κ1) is 12.1. The number of hydrogen-bond acceptors (Lipinski definition) is 4. The van der Waals surface area contributed by atoms with Gasteiger partial charge in [0, 0.05) is 30.4 Å². The van der Waals surface area contributed by atoms with Crippen molar-refractivity contribution in [1.29, 1.82) is 0 Å². The molecule has 0 bridgehead atoms. The molecule has 3 rings (SSSR count). The lowest BCUT2D eigenvalue weighted by atomic mass is 10.4. The van der Waals surface area contributed by atoms with Crippen molar-refractivity contribution in [2.24, 2.45) is 0 Å². The molecular weight excluding hydrogens is 284 g/mol. The fourth-order valence-corrected chi connectivity index (χ4v) is 2.76. The maximum atomic E-state index is 11.0. The van der Waals surface area contributed by atoms with Gasteiger partial charge < -0.3 is 5.32 Å². The molecule has 1 amide bonds. The van der Waals surface area contributed by atoms with Crippen molar-refractivity contribution < 1.29 is 4.79 Å². The predicted molar refractivity (Wildman–Crippen MR) is 75.6 cm³/mol. The first-order chi connectivity index (χ1) is 9.13. The van der Waals surface area contributed by atoms with Crippen molar-refractivity contribution in [3.63, 3.8) is 0 Å². The number of fused-ring (bicyclic) bond motifs is 1. The van der Waals surface area contributed by atoms with Gasteiger partial charge in [0.05, 0.1) is 16.8 Å². The molecule has 7 heteroatoms. The van der Waals surface area contributed by atoms with Crippen LogP contribution in [0.2, 0.25) is 5.02 Å². The van der Waals surface area contributed by atoms with E-state index in [9.17, 15) is 4.79 Å². The van der Waals surface area contributed by atoms with E-state index in [0.717, 1.165) is 16.2 Å². The van der Waals surface area contributed by atoms with Crippen LogP contribution < -0.4 is 5.32 Å². The van der Waals surface area contributed by atoms with Crippen molar-refractivity contribution in [3.05, 3.63) is 35.7 Å². The zero-order valence-electron chi connectivity index (χ0n) is 9.92. The number of amides is 1. The Balaban J connectivity index is 2.04. The van der Waals surface area contributed by atoms with Crippen LogP contribution in [-0.4, -0.2) is 20.3 Å². The SMILES string of the molecule is CC(=O)Nc1ncc(-c2cnc3cc(Cl)ccn23)s1. The summed E-state index contributed by atoms with van der Waals surface area (Å²) in [7, 11) is 0. The van der Waals surface area contributed by atoms with E-state index >= 15 is 0 Å². The lowest BCUT2D eigenvalue weighted by Crippen LogP contribution is -2.04. The minimum Gasteiger partial charge on any atom is -0.302 e. The molecule has 19 heavy (non-hydrogen) atoms. The summed E-state index contributed by atoms with van der Waals surface area (Å²) in [5, 5.41) is 3.88. The van der Waals surface area contributed by atoms with E-state index in [1.807, 2.05) is 10.6 Å². The molecule has 96 valence electrons. The van der Waals surface area contributed by atoms with Gasteiger partial charge in [-0.05, 0) is 6.07 Å². The van der Waals surface area contributed by atoms with Crippen molar-refractivity contribution in [1.82, 2.24) is 14.4 Å². The molecule has 0 aliphatic carbocycles. The Morgan fingerprint density at radius 3 is 3.05 bits per heavy atom. The minimum absolute atomic E-state index is 0.133. The average molecular weight is 293 g/mol. The fourth-order valence-electron chi connectivity index (χ4n) is 1.74. The van der Waals surface area contributed by atoms with E-state index in [1.165, 1.54) is 18.3 Å². The van der Waals surface area contributed by atoms with E-state index in [1.54, 1.807) is 24.5 Å². The highest BCUT2D eigenvalue weighted by Crippen LogP contribution is 2.29. The normalized spacial score (nSPS) is 10.8. The van der Waals surface area contributed by atoms with E-state index in [4.69, 9.17) is 11.6 Å². The number of aromatic nitrogens is 3. The fraction of sp³-hybridized carbons (Fsp3) is 0.0833. The number of pyridine rings is 1. The van der Waals surface area contributed by atoms with Crippen LogP contribution in [0.15, 0.2) is 30.7 Å². The molecule has 5 nitrogen and oxygen atoms in total. The van der Waals surface area contributed by atoms with E-state index in [-0.39, 0.29) is 5.91 Å². The van der Waals surface area contributed by atoms with Gasteiger partial charge in [-0.3, -0.25) is 9.20 Å². The largest absolute Gasteiger partial charge is 0.302 e. The summed E-state index contributed by atoms with van der Waals surface area (Å²) >= 11 is 7.33. The van der Waals surface area contributed by atoms with Crippen molar-refractivity contribution >= 4 is 39.6 Å². The molecule has 0 aliphatic rings. The molecule has 0 aromatic carbocycles. The first-order valence-corrected chi connectivity index (χ1v) is 6.69. The third-order valence-electron chi connectivity index (χ3n) is 2.52. The zero-order chi connectivity index (χ0) is 13.4. The van der Waals surface area contributed by atoms with Gasteiger partial charge in [-0.1, -0.05) is 22.9 Å². The molecule has 0 spiro atoms. The maximum Gasteiger partial charge on any atom is 0.223 e. The third kappa shape index (κ3) is 2.32. The van der Waals surface area contributed by atoms with Gasteiger partial charge >= 0.3 is 0 Å². The number of halogens is 1. The summed E-state index contributed by atoms with van der Waals surface area (Å²) in [5.74, 6) is -0.133. The van der Waals surface area contributed by atoms with Crippen LogP contribution in [-0.2, 0) is 4.79 Å². The standard InChI is InChI=1S/C12H9ClN4OS/c1-7(18)16-12-15-6-10(19-12)9-5-14-11-4-8(13)2-3-17(9)11/h2-6H,1H3,(H,15,16,18). The number of rotatable bonds is 2. The molecule has 3 heterocycles. The molecule has 0 aliphatic heterocycles. The van der Waals surface area contributed by atoms with Gasteiger partial charge in [-0.2, -0.15) is 0 Å². The van der Waals surface area contributed by atoms with Crippen LogP contribution in [0.4, 0.5) is 5.13 Å². The second kappa shape index (κ2) is 4.64. The van der Waals surface area contributed by atoms with E-state index in [2.05, 4.69) is 15.3 Å². The zero-order valence-corrected chi connectivity index (χ0v) is 11.5. The summed E-state index contributed by atoms with van der Waals surface area (Å²) in [5.41, 5.74) is 1.69. The van der Waals surface area contributed by atoms with Crippen molar-refractivity contribution in [2.75, 3.05) is 5.32 Å². The van der Waals surface area contributed by atoms with Gasteiger partial charge in [0.2, 0.25) is 5.91 Å². The minimum atomic E-state index is -0.133. The summed E-state index contributed by atoms with van der Waals surface area (Å²) in [6, 6.07) is 3.59. The second-order valence-electron chi connectivity index (χ2n) is 3.93. The average Bonchev–Trinajstić information content (AvgIpc) is 2.93. The van der Waals surface area contributed by atoms with Crippen LogP contribution in [0, 0.1) is 0 Å². The smallest absolute Gasteiger partial charge is 0.223 e. The highest BCUT2D eigenvalue weighted by Gasteiger charge is 2.10. The van der Waals surface area contributed by atoms with Crippen molar-refractivity contribution in [2.45, 2.75) is 6.92 Å². The van der Waals surface area contributed by atoms with Gasteiger partial charge in [0.15, 0.2) is 5.13 Å². The molecule has 0 saturated carbocycles. The third-order valence-corrected chi connectivity index (χ3v) is 3.69. The van der Waals surface area contributed by atoms with Crippen LogP contribution >= 0.6 is 22.9 Å². The molecule has 3 aromatic heterocycles. The number of hydrogen-bond donors (Lipinski definition) is 1. The van der Waals surface area contributed by atoms with E-state index in [0.29, 0.717) is 10.2 Å². The molecule has 0 radical (unpaired) electrons. The number of imidazole rings is 1. The number of nitrogens with one attached hydrogen (secondary N) is 1. The van der Waals surface area contributed by atoms with Crippen LogP contribution in [0.1, 0.15) is 6.92 Å². The number of carbonyl (C=O) groups excluding carboxylic acids is 1. The van der Waals surface area contributed by atoms with Gasteiger partial charge in [-0.25, -0.2) is 9.97 Å². The Kier molecular flexibility index (Phi) is 2.96. The summed E-state index contributed by atoms with van der Waals surface area (Å²) < 4.78 is 1.93. The molecule has 3 aromatic rings. The molecule has 0 unspecified atom stereocenters. The quantitative estimate of drug-likeness (QED) is 0.789. The molecule has 1 N–H and O–H groups in total. The van der Waals surface area contributed by atoms with Gasteiger partial charge in [-0.15, -0.1) is 0 Å². The van der Waals surface area contributed by atoms with Crippen molar-refractivity contribution in [3.8, 4) is 10.6 Å². The number of anilines is 1. The summed E-state index contributed by atoms with van der Waals surface area (Å²) in [4.78, 5) is 20.4. The summed E-state index contributed by atoms with van der Waals surface area (Å²) in [6.45, 7) is 1.46. The Bertz CT molecular complexity index is 764. The van der Waals surface area contributed by atoms with Crippen LogP contribution in [0.25, 0.3) is 16.2 Å². The second-order valence-corrected chi connectivity index (χ2v) is 5.39. The van der Waals surface area contributed by atoms with Gasteiger partial charge in [0.1, 0.15) is 5.65 Å². The predicted octanol–water partition coefficient (Wildman–Crippen LogP) is 3.07. The Hall–Kier alpha value is -1.92. The Morgan fingerprint density at radius 1 is 1.42 bits per heavy atom. The Morgan fingerprint density at radius 2 is 2.26 bits per heavy atom. The Labute approximate surface area is 117 Å². The lowest BCUT2D eigenvalue weighted by Gasteiger charge is -1.98. The van der Waals surface area contributed by atoms with Crippen LogP contribution in [0.3, 0.4) is 0 Å². The number of nitrogens with zero attached hydrogens (tertiary/aromatic N) is 3. The molecule has 0 saturated heterocycles. The topological polar surface area (TPSA) is 59.3 Å². The monoisotopic (exact) mass is 292 g/mol. The lowest BCUT2D eigenvalue weighted by molar-refractivity contribution is -0.114. The first-order valence-electron chi connectivity index (χ1n) is 5.50.